The first-order chi connectivity index (χ1) is 19.4. The quantitative estimate of drug-likeness (QED) is 0.388. The summed E-state index contributed by atoms with van der Waals surface area (Å²) in [7, 11) is 1.64. The summed E-state index contributed by atoms with van der Waals surface area (Å²) in [5.74, 6) is 1.59. The fourth-order valence-electron chi connectivity index (χ4n) is 5.33. The summed E-state index contributed by atoms with van der Waals surface area (Å²) < 4.78 is 16.6. The molecular weight excluding hydrogens is 542 g/mol. The maximum atomic E-state index is 13.4. The SMILES string of the molecule is CC(C)(C)OC(=O)NCCN.COc1cc2c(cc1OC(C)C)C(c1ccc(Cl)cc1)N(C1CCCCC1)C(=O)C2. The number of methoxy groups -OCH3 is 1. The van der Waals surface area contributed by atoms with Gasteiger partial charge in [0.15, 0.2) is 11.5 Å². The van der Waals surface area contributed by atoms with Crippen LogP contribution in [-0.2, 0) is 16.0 Å². The van der Waals surface area contributed by atoms with Crippen molar-refractivity contribution in [3.63, 3.8) is 0 Å². The Balaban J connectivity index is 0.000000358. The molecule has 3 N–H and O–H groups in total. The van der Waals surface area contributed by atoms with E-state index in [1.54, 1.807) is 7.11 Å². The van der Waals surface area contributed by atoms with Crippen molar-refractivity contribution in [3.05, 3.63) is 58.1 Å². The van der Waals surface area contributed by atoms with Crippen molar-refractivity contribution < 1.29 is 23.8 Å². The van der Waals surface area contributed by atoms with Crippen LogP contribution in [0.3, 0.4) is 0 Å². The molecular formula is C32H46ClN3O5. The van der Waals surface area contributed by atoms with Gasteiger partial charge >= 0.3 is 6.09 Å². The Morgan fingerprint density at radius 1 is 1.10 bits per heavy atom. The van der Waals surface area contributed by atoms with Gasteiger partial charge in [0.05, 0.1) is 25.7 Å². The van der Waals surface area contributed by atoms with E-state index in [-0.39, 0.29) is 24.1 Å². The van der Waals surface area contributed by atoms with E-state index in [1.807, 2.05) is 65.0 Å². The van der Waals surface area contributed by atoms with Gasteiger partial charge in [-0.2, -0.15) is 0 Å². The number of carbonyl (C=O) groups is 2. The number of ether oxygens (including phenoxy) is 3. The summed E-state index contributed by atoms with van der Waals surface area (Å²) in [6.07, 6.45) is 5.76. The average molecular weight is 588 g/mol. The summed E-state index contributed by atoms with van der Waals surface area (Å²) >= 11 is 6.17. The van der Waals surface area contributed by atoms with Crippen molar-refractivity contribution in [1.29, 1.82) is 0 Å². The van der Waals surface area contributed by atoms with Crippen LogP contribution in [-0.4, -0.2) is 54.8 Å². The van der Waals surface area contributed by atoms with Gasteiger partial charge < -0.3 is 30.2 Å². The molecule has 41 heavy (non-hydrogen) atoms. The topological polar surface area (TPSA) is 103 Å². The first-order valence-electron chi connectivity index (χ1n) is 14.5. The van der Waals surface area contributed by atoms with Crippen LogP contribution in [0.1, 0.15) is 89.5 Å². The van der Waals surface area contributed by atoms with E-state index in [1.165, 1.54) is 19.3 Å². The predicted octanol–water partition coefficient (Wildman–Crippen LogP) is 6.41. The largest absolute Gasteiger partial charge is 0.493 e. The van der Waals surface area contributed by atoms with Crippen molar-refractivity contribution >= 4 is 23.6 Å². The summed E-state index contributed by atoms with van der Waals surface area (Å²) in [5, 5.41) is 3.20. The summed E-state index contributed by atoms with van der Waals surface area (Å²) in [6, 6.07) is 12.1. The third-order valence-electron chi connectivity index (χ3n) is 6.96. The number of nitrogens with one attached hydrogen (secondary N) is 1. The smallest absolute Gasteiger partial charge is 0.407 e. The standard InChI is InChI=1S/C25H30ClNO3.C7H16N2O2/c1-16(2)30-23-15-21-18(13-22(23)29-3)14-24(28)27(20-7-5-4-6-8-20)25(21)17-9-11-19(26)12-10-17;1-7(2,3)11-6(10)9-5-4-8/h9-13,15-16,20,25H,4-8,14H2,1-3H3;4-5,8H2,1-3H3,(H,9,10). The molecule has 1 heterocycles. The number of benzene rings is 2. The number of nitrogens with zero attached hydrogens (tertiary/aromatic N) is 1. The minimum Gasteiger partial charge on any atom is -0.493 e. The Hall–Kier alpha value is -2.97. The number of fused-ring (bicyclic) bond motifs is 1. The molecule has 4 rings (SSSR count). The van der Waals surface area contributed by atoms with Crippen LogP contribution in [0.4, 0.5) is 4.79 Å². The van der Waals surface area contributed by atoms with Crippen LogP contribution in [0, 0.1) is 0 Å². The molecule has 2 aromatic carbocycles. The number of hydrogen-bond donors (Lipinski definition) is 2. The molecule has 1 unspecified atom stereocenters. The van der Waals surface area contributed by atoms with E-state index < -0.39 is 11.7 Å². The number of carbonyl (C=O) groups excluding carboxylic acids is 2. The minimum absolute atomic E-state index is 0.0330. The van der Waals surface area contributed by atoms with Crippen molar-refractivity contribution in [3.8, 4) is 11.5 Å². The zero-order valence-electron chi connectivity index (χ0n) is 25.3. The second-order valence-electron chi connectivity index (χ2n) is 11.8. The molecule has 0 radical (unpaired) electrons. The Morgan fingerprint density at radius 3 is 2.32 bits per heavy atom. The van der Waals surface area contributed by atoms with E-state index in [9.17, 15) is 9.59 Å². The highest BCUT2D eigenvalue weighted by atomic mass is 35.5. The van der Waals surface area contributed by atoms with Gasteiger partial charge in [0, 0.05) is 24.2 Å². The van der Waals surface area contributed by atoms with Crippen LogP contribution in [0.2, 0.25) is 5.02 Å². The van der Waals surface area contributed by atoms with Gasteiger partial charge in [-0.05, 0) is 88.4 Å². The van der Waals surface area contributed by atoms with Gasteiger partial charge in [0.1, 0.15) is 5.60 Å². The Morgan fingerprint density at radius 2 is 1.76 bits per heavy atom. The summed E-state index contributed by atoms with van der Waals surface area (Å²) in [6.45, 7) is 10.3. The third-order valence-corrected chi connectivity index (χ3v) is 7.21. The highest BCUT2D eigenvalue weighted by molar-refractivity contribution is 6.30. The maximum Gasteiger partial charge on any atom is 0.407 e. The van der Waals surface area contributed by atoms with Crippen molar-refractivity contribution in [1.82, 2.24) is 10.2 Å². The van der Waals surface area contributed by atoms with Gasteiger partial charge in [-0.25, -0.2) is 4.79 Å². The molecule has 1 fully saturated rings. The number of alkyl carbamates (subject to hydrolysis) is 1. The lowest BCUT2D eigenvalue weighted by Crippen LogP contribution is -2.47. The van der Waals surface area contributed by atoms with Gasteiger partial charge in [-0.15, -0.1) is 0 Å². The molecule has 226 valence electrons. The first kappa shape index (κ1) is 32.5. The normalized spacial score (nSPS) is 17.3. The molecule has 0 bridgehead atoms. The fraction of sp³-hybridized carbons (Fsp3) is 0.562. The van der Waals surface area contributed by atoms with Crippen LogP contribution in [0.15, 0.2) is 36.4 Å². The average Bonchev–Trinajstić information content (AvgIpc) is 2.91. The van der Waals surface area contributed by atoms with Crippen LogP contribution >= 0.6 is 11.6 Å². The van der Waals surface area contributed by atoms with Crippen LogP contribution in [0.5, 0.6) is 11.5 Å². The van der Waals surface area contributed by atoms with Crippen molar-refractivity contribution in [2.75, 3.05) is 20.2 Å². The molecule has 0 aromatic heterocycles. The molecule has 0 saturated heterocycles. The maximum absolute atomic E-state index is 13.4. The third kappa shape index (κ3) is 9.27. The zero-order valence-corrected chi connectivity index (χ0v) is 26.1. The van der Waals surface area contributed by atoms with Crippen LogP contribution < -0.4 is 20.5 Å². The monoisotopic (exact) mass is 587 g/mol. The summed E-state index contributed by atoms with van der Waals surface area (Å²) in [5.41, 5.74) is 7.96. The lowest BCUT2D eigenvalue weighted by molar-refractivity contribution is -0.136. The van der Waals surface area contributed by atoms with Gasteiger partial charge in [-0.3, -0.25) is 4.79 Å². The Bertz CT molecular complexity index is 1160. The lowest BCUT2D eigenvalue weighted by Gasteiger charge is -2.44. The van der Waals surface area contributed by atoms with E-state index in [2.05, 4.69) is 16.3 Å². The summed E-state index contributed by atoms with van der Waals surface area (Å²) in [4.78, 5) is 26.4. The second-order valence-corrected chi connectivity index (χ2v) is 12.2. The van der Waals surface area contributed by atoms with Crippen LogP contribution in [0.25, 0.3) is 0 Å². The Kier molecular flexibility index (Phi) is 11.7. The fourth-order valence-corrected chi connectivity index (χ4v) is 5.45. The molecule has 1 aliphatic heterocycles. The van der Waals surface area contributed by atoms with E-state index in [0.29, 0.717) is 30.3 Å². The predicted molar refractivity (Wildman–Crippen MR) is 163 cm³/mol. The molecule has 1 saturated carbocycles. The lowest BCUT2D eigenvalue weighted by atomic mass is 9.83. The molecule has 2 aromatic rings. The van der Waals surface area contributed by atoms with E-state index in [0.717, 1.165) is 35.3 Å². The minimum atomic E-state index is -0.432. The molecule has 1 aliphatic carbocycles. The number of nitrogens with two attached hydrogens (primary N) is 1. The van der Waals surface area contributed by atoms with E-state index in [4.69, 9.17) is 31.5 Å². The van der Waals surface area contributed by atoms with Gasteiger partial charge in [-0.1, -0.05) is 43.0 Å². The molecule has 8 nitrogen and oxygen atoms in total. The number of hydrogen-bond acceptors (Lipinski definition) is 6. The number of amides is 2. The highest BCUT2D eigenvalue weighted by Gasteiger charge is 2.39. The molecule has 2 amide bonds. The van der Waals surface area contributed by atoms with Crippen molar-refractivity contribution in [2.45, 2.75) is 96.9 Å². The molecule has 1 atom stereocenters. The first-order valence-corrected chi connectivity index (χ1v) is 14.9. The van der Waals surface area contributed by atoms with Gasteiger partial charge in [0.25, 0.3) is 0 Å². The molecule has 2 aliphatic rings. The van der Waals surface area contributed by atoms with E-state index >= 15 is 0 Å². The highest BCUT2D eigenvalue weighted by Crippen LogP contribution is 2.44. The van der Waals surface area contributed by atoms with Gasteiger partial charge in [0.2, 0.25) is 5.91 Å². The zero-order chi connectivity index (χ0) is 30.2. The second kappa shape index (κ2) is 14.8. The number of rotatable bonds is 7. The Labute approximate surface area is 249 Å². The number of halogens is 1. The van der Waals surface area contributed by atoms with Crippen molar-refractivity contribution in [2.24, 2.45) is 5.73 Å². The molecule has 9 heteroatoms. The molecule has 0 spiro atoms.